The molecule has 0 amide bonds. The van der Waals surface area contributed by atoms with E-state index in [-0.39, 0.29) is 6.61 Å². The highest BCUT2D eigenvalue weighted by Gasteiger charge is 2.00. The van der Waals surface area contributed by atoms with Crippen molar-refractivity contribution in [3.05, 3.63) is 30.2 Å². The average Bonchev–Trinajstić information content (AvgIpc) is 2.57. The quantitative estimate of drug-likeness (QED) is 0.789. The maximum Gasteiger partial charge on any atom is 0.140 e. The smallest absolute Gasteiger partial charge is 0.140 e. The number of nitrogens with zero attached hydrogens (tertiary/aromatic N) is 2. The number of ether oxygens (including phenoxy) is 1. The van der Waals surface area contributed by atoms with Gasteiger partial charge < -0.3 is 14.2 Å². The molecule has 0 saturated carbocycles. The Kier molecular flexibility index (Phi) is 2.37. The lowest BCUT2D eigenvalue weighted by atomic mass is 10.4. The van der Waals surface area contributed by atoms with Gasteiger partial charge in [-0.1, -0.05) is 0 Å². The number of aryl methyl sites for hydroxylation is 1. The molecule has 4 heteroatoms. The molecule has 0 aromatic carbocycles. The molecule has 4 nitrogen and oxygen atoms in total. The van der Waals surface area contributed by atoms with Crippen LogP contribution >= 0.6 is 0 Å². The Morgan fingerprint density at radius 2 is 2.43 bits per heavy atom. The summed E-state index contributed by atoms with van der Waals surface area (Å²) in [7, 11) is 0. The zero-order valence-electron chi connectivity index (χ0n) is 7.97. The van der Waals surface area contributed by atoms with Crippen LogP contribution in [0, 0.1) is 6.92 Å². The largest absolute Gasteiger partial charge is 0.491 e. The van der Waals surface area contributed by atoms with Crippen molar-refractivity contribution in [3.8, 4) is 5.75 Å². The van der Waals surface area contributed by atoms with Crippen LogP contribution in [0.25, 0.3) is 5.65 Å². The van der Waals surface area contributed by atoms with Gasteiger partial charge in [0, 0.05) is 24.2 Å². The van der Waals surface area contributed by atoms with Gasteiger partial charge in [-0.05, 0) is 13.0 Å². The number of aliphatic hydroxyl groups is 1. The fraction of sp³-hybridized carbons (Fsp3) is 0.300. The van der Waals surface area contributed by atoms with Crippen LogP contribution in [-0.4, -0.2) is 27.7 Å². The van der Waals surface area contributed by atoms with Gasteiger partial charge in [-0.15, -0.1) is 0 Å². The summed E-state index contributed by atoms with van der Waals surface area (Å²) < 4.78 is 7.25. The second-order valence-electron chi connectivity index (χ2n) is 3.06. The van der Waals surface area contributed by atoms with Gasteiger partial charge >= 0.3 is 0 Å². The van der Waals surface area contributed by atoms with Crippen LogP contribution < -0.4 is 4.74 Å². The van der Waals surface area contributed by atoms with Crippen LogP contribution in [0.5, 0.6) is 5.75 Å². The standard InChI is InChI=1S/C10H12N2O2/c1-8-7-11-10-6-9(14-5-4-13)2-3-12(8)10/h2-3,6-7,13H,4-5H2,1H3. The van der Waals surface area contributed by atoms with Gasteiger partial charge in [0.05, 0.1) is 6.61 Å². The van der Waals surface area contributed by atoms with Crippen molar-refractivity contribution >= 4 is 5.65 Å². The van der Waals surface area contributed by atoms with E-state index in [2.05, 4.69) is 4.98 Å². The van der Waals surface area contributed by atoms with Crippen molar-refractivity contribution in [1.29, 1.82) is 0 Å². The molecule has 2 heterocycles. The molecule has 0 unspecified atom stereocenters. The molecule has 0 bridgehead atoms. The predicted octanol–water partition coefficient (Wildman–Crippen LogP) is 1.01. The summed E-state index contributed by atoms with van der Waals surface area (Å²) in [5, 5.41) is 8.60. The first-order valence-electron chi connectivity index (χ1n) is 4.48. The molecule has 0 aliphatic rings. The third-order valence-electron chi connectivity index (χ3n) is 2.03. The van der Waals surface area contributed by atoms with Crippen molar-refractivity contribution in [2.24, 2.45) is 0 Å². The number of rotatable bonds is 3. The summed E-state index contributed by atoms with van der Waals surface area (Å²) in [6.45, 7) is 2.34. The third kappa shape index (κ3) is 1.56. The molecular formula is C10H12N2O2. The van der Waals surface area contributed by atoms with Crippen LogP contribution in [0.15, 0.2) is 24.5 Å². The molecule has 0 atom stereocenters. The second kappa shape index (κ2) is 3.67. The van der Waals surface area contributed by atoms with Crippen LogP contribution in [-0.2, 0) is 0 Å². The summed E-state index contributed by atoms with van der Waals surface area (Å²) >= 11 is 0. The Morgan fingerprint density at radius 1 is 1.57 bits per heavy atom. The molecule has 0 aliphatic carbocycles. The van der Waals surface area contributed by atoms with E-state index in [1.165, 1.54) is 0 Å². The Labute approximate surface area is 81.8 Å². The lowest BCUT2D eigenvalue weighted by molar-refractivity contribution is 0.201. The number of aromatic nitrogens is 2. The maximum atomic E-state index is 8.60. The molecule has 0 radical (unpaired) electrons. The van der Waals surface area contributed by atoms with Crippen LogP contribution in [0.2, 0.25) is 0 Å². The monoisotopic (exact) mass is 192 g/mol. The first kappa shape index (κ1) is 9.02. The van der Waals surface area contributed by atoms with Crippen LogP contribution in [0.4, 0.5) is 0 Å². The van der Waals surface area contributed by atoms with E-state index in [4.69, 9.17) is 9.84 Å². The molecule has 14 heavy (non-hydrogen) atoms. The number of aliphatic hydroxyl groups excluding tert-OH is 1. The van der Waals surface area contributed by atoms with Gasteiger partial charge in [-0.25, -0.2) is 4.98 Å². The summed E-state index contributed by atoms with van der Waals surface area (Å²) in [6, 6.07) is 3.71. The molecule has 2 aromatic rings. The van der Waals surface area contributed by atoms with E-state index in [1.807, 2.05) is 35.9 Å². The van der Waals surface area contributed by atoms with E-state index in [0.29, 0.717) is 6.61 Å². The van der Waals surface area contributed by atoms with E-state index < -0.39 is 0 Å². The van der Waals surface area contributed by atoms with Crippen molar-refractivity contribution in [2.45, 2.75) is 6.92 Å². The molecule has 1 N–H and O–H groups in total. The summed E-state index contributed by atoms with van der Waals surface area (Å²) in [4.78, 5) is 4.21. The highest BCUT2D eigenvalue weighted by Crippen LogP contribution is 2.14. The van der Waals surface area contributed by atoms with Crippen molar-refractivity contribution in [3.63, 3.8) is 0 Å². The van der Waals surface area contributed by atoms with Crippen LogP contribution in [0.1, 0.15) is 5.69 Å². The number of hydrogen-bond donors (Lipinski definition) is 1. The third-order valence-corrected chi connectivity index (χ3v) is 2.03. The van der Waals surface area contributed by atoms with Gasteiger partial charge in [0.25, 0.3) is 0 Å². The van der Waals surface area contributed by atoms with Gasteiger partial charge in [-0.3, -0.25) is 0 Å². The number of hydrogen-bond acceptors (Lipinski definition) is 3. The summed E-state index contributed by atoms with van der Waals surface area (Å²) in [6.07, 6.45) is 3.72. The lowest BCUT2D eigenvalue weighted by Crippen LogP contribution is -2.01. The van der Waals surface area contributed by atoms with Gasteiger partial charge in [0.1, 0.15) is 18.0 Å². The zero-order valence-corrected chi connectivity index (χ0v) is 7.97. The Balaban J connectivity index is 2.32. The first-order valence-corrected chi connectivity index (χ1v) is 4.48. The fourth-order valence-corrected chi connectivity index (χ4v) is 1.34. The number of imidazole rings is 1. The second-order valence-corrected chi connectivity index (χ2v) is 3.06. The lowest BCUT2D eigenvalue weighted by Gasteiger charge is -2.04. The van der Waals surface area contributed by atoms with E-state index in [1.54, 1.807) is 0 Å². The highest BCUT2D eigenvalue weighted by atomic mass is 16.5. The minimum absolute atomic E-state index is 0.0264. The molecule has 2 aromatic heterocycles. The molecule has 0 fully saturated rings. The minimum Gasteiger partial charge on any atom is -0.491 e. The molecule has 0 aliphatic heterocycles. The maximum absolute atomic E-state index is 8.60. The van der Waals surface area contributed by atoms with E-state index in [0.717, 1.165) is 17.1 Å². The van der Waals surface area contributed by atoms with Crippen molar-refractivity contribution in [1.82, 2.24) is 9.38 Å². The predicted molar refractivity (Wildman–Crippen MR) is 52.5 cm³/mol. The Hall–Kier alpha value is -1.55. The summed E-state index contributed by atoms with van der Waals surface area (Å²) in [5.74, 6) is 0.733. The van der Waals surface area contributed by atoms with Gasteiger partial charge in [0.15, 0.2) is 0 Å². The van der Waals surface area contributed by atoms with Crippen LogP contribution in [0.3, 0.4) is 0 Å². The average molecular weight is 192 g/mol. The van der Waals surface area contributed by atoms with Crippen molar-refractivity contribution < 1.29 is 9.84 Å². The molecule has 0 saturated heterocycles. The zero-order chi connectivity index (χ0) is 9.97. The van der Waals surface area contributed by atoms with E-state index in [9.17, 15) is 0 Å². The number of pyridine rings is 1. The Morgan fingerprint density at radius 3 is 3.21 bits per heavy atom. The fourth-order valence-electron chi connectivity index (χ4n) is 1.34. The topological polar surface area (TPSA) is 46.8 Å². The summed E-state index contributed by atoms with van der Waals surface area (Å²) in [5.41, 5.74) is 1.95. The number of fused-ring (bicyclic) bond motifs is 1. The Bertz CT molecular complexity index is 437. The molecular weight excluding hydrogens is 180 g/mol. The molecule has 0 spiro atoms. The molecule has 74 valence electrons. The molecule has 2 rings (SSSR count). The SMILES string of the molecule is Cc1cnc2cc(OCCO)ccn12. The van der Waals surface area contributed by atoms with E-state index >= 15 is 0 Å². The first-order chi connectivity index (χ1) is 6.81. The van der Waals surface area contributed by atoms with Gasteiger partial charge in [0.2, 0.25) is 0 Å². The van der Waals surface area contributed by atoms with Crippen molar-refractivity contribution in [2.75, 3.05) is 13.2 Å². The van der Waals surface area contributed by atoms with Gasteiger partial charge in [-0.2, -0.15) is 0 Å². The minimum atomic E-state index is 0.0264. The normalized spacial score (nSPS) is 10.7. The highest BCUT2D eigenvalue weighted by molar-refractivity contribution is 5.45.